The summed E-state index contributed by atoms with van der Waals surface area (Å²) in [4.78, 5) is 128. The van der Waals surface area contributed by atoms with Crippen molar-refractivity contribution >= 4 is 85.9 Å². The maximum Gasteiger partial charge on any atom is 0.407 e. The van der Waals surface area contributed by atoms with Gasteiger partial charge in [0.15, 0.2) is 6.04 Å². The zero-order valence-electron chi connectivity index (χ0n) is 45.0. The number of amides is 8. The number of phenols is 1. The number of carbonyl (C=O) groups excluding carboxylic acids is 8. The number of carboxylic acids is 1. The highest BCUT2D eigenvalue weighted by atomic mass is 33.1. The molecule has 1 aliphatic heterocycles. The number of benzene rings is 3. The van der Waals surface area contributed by atoms with Crippen molar-refractivity contribution in [2.45, 2.75) is 139 Å². The van der Waals surface area contributed by atoms with E-state index < -0.39 is 120 Å². The number of aliphatic hydroxyl groups excluding tert-OH is 2. The Kier molecular flexibility index (Phi) is 24.0. The van der Waals surface area contributed by atoms with Crippen LogP contribution in [0.15, 0.2) is 85.1 Å². The predicted molar refractivity (Wildman–Crippen MR) is 299 cm³/mol. The highest BCUT2D eigenvalue weighted by Crippen LogP contribution is 2.25. The van der Waals surface area contributed by atoms with Gasteiger partial charge in [0, 0.05) is 48.0 Å². The minimum atomic E-state index is -1.84. The number of rotatable bonds is 18. The van der Waals surface area contributed by atoms with Gasteiger partial charge in [0.25, 0.3) is 0 Å². The van der Waals surface area contributed by atoms with E-state index in [0.717, 1.165) is 34.1 Å². The molecular weight excluding hydrogens is 1080 g/mol. The van der Waals surface area contributed by atoms with Crippen molar-refractivity contribution in [3.05, 3.63) is 102 Å². The Morgan fingerprint density at radius 1 is 0.738 bits per heavy atom. The highest BCUT2D eigenvalue weighted by Gasteiger charge is 2.37. The fourth-order valence-corrected chi connectivity index (χ4v) is 10.6. The first kappa shape index (κ1) is 63.4. The topological polar surface area (TPSA) is 382 Å². The summed E-state index contributed by atoms with van der Waals surface area (Å²) in [7, 11) is 1.83. The van der Waals surface area contributed by atoms with Gasteiger partial charge in [-0.05, 0) is 95.2 Å². The number of aromatic amines is 1. The van der Waals surface area contributed by atoms with Crippen molar-refractivity contribution in [2.75, 3.05) is 18.1 Å². The molecule has 10 atom stereocenters. The van der Waals surface area contributed by atoms with E-state index >= 15 is 0 Å². The summed E-state index contributed by atoms with van der Waals surface area (Å²) in [6.45, 7) is 7.47. The number of aromatic nitrogens is 1. The molecule has 24 nitrogen and oxygen atoms in total. The number of unbranched alkanes of at least 4 members (excludes halogenated alkanes) is 1. The maximum absolute atomic E-state index is 14.9. The molecule has 8 amide bonds. The third kappa shape index (κ3) is 20.1. The standard InChI is InChI=1S/C54H72N10O14S2/c1-29(65)43-51(74)62-42(50(73)64-44(30(2)66)52(75)76)28-80-79-27-41(61-45(68)36(55)23-31-13-7-6-8-14-31)49(72)59-39(24-32-18-20-34(67)21-19-32)47(70)60-40(25-33-26-57-37-16-10-9-15-35(33)37)48(71)58-38(46(69)63-43)17-11-12-22-56-53(77)78-54(3,4)5/h6-10,13-16,18-21,26,29-30,36,38-44,57,65-67H,11-12,17,22-25,27-28,55H2,1-5H3,(H,56,77)(H,58,71)(H,59,72)(H,60,70)(H,61,68)(H,62,74)(H,63,69)(H,64,73)(H,75,76)/t29-,30-,36-,38+,39+,40-,41+,42+,43+,44+/m1/s1. The fraction of sp³-hybridized carbons (Fsp3) is 0.463. The van der Waals surface area contributed by atoms with Crippen molar-refractivity contribution in [1.82, 2.24) is 47.5 Å². The van der Waals surface area contributed by atoms with Crippen LogP contribution in [0.3, 0.4) is 0 Å². The Labute approximate surface area is 470 Å². The maximum atomic E-state index is 14.9. The molecule has 434 valence electrons. The molecule has 3 aromatic carbocycles. The van der Waals surface area contributed by atoms with Gasteiger partial charge in [0.1, 0.15) is 47.6 Å². The summed E-state index contributed by atoms with van der Waals surface area (Å²) in [6, 6.07) is 9.47. The number of aliphatic hydroxyl groups is 2. The number of phenolic OH excluding ortho intramolecular Hbond substituents is 1. The number of H-pyrrole nitrogens is 1. The molecule has 1 fully saturated rings. The van der Waals surface area contributed by atoms with Gasteiger partial charge in [-0.1, -0.05) is 82.3 Å². The molecule has 5 rings (SSSR count). The van der Waals surface area contributed by atoms with Gasteiger partial charge in [0.2, 0.25) is 41.4 Å². The van der Waals surface area contributed by atoms with Crippen molar-refractivity contribution in [3.8, 4) is 5.75 Å². The van der Waals surface area contributed by atoms with E-state index in [-0.39, 0.29) is 62.3 Å². The molecule has 0 spiro atoms. The Morgan fingerprint density at radius 3 is 2.00 bits per heavy atom. The van der Waals surface area contributed by atoms with Crippen LogP contribution in [0.2, 0.25) is 0 Å². The van der Waals surface area contributed by atoms with Crippen LogP contribution in [-0.2, 0) is 62.4 Å². The van der Waals surface area contributed by atoms with Gasteiger partial charge in [-0.25, -0.2) is 9.59 Å². The minimum Gasteiger partial charge on any atom is -0.508 e. The molecule has 26 heteroatoms. The summed E-state index contributed by atoms with van der Waals surface area (Å²) in [5.41, 5.74) is 8.04. The molecule has 2 heterocycles. The van der Waals surface area contributed by atoms with Crippen LogP contribution in [0.1, 0.15) is 70.6 Å². The van der Waals surface area contributed by atoms with Crippen LogP contribution in [0, 0.1) is 0 Å². The second-order valence-corrected chi connectivity index (χ2v) is 22.9. The number of alkyl carbamates (subject to hydrolysis) is 1. The zero-order chi connectivity index (χ0) is 58.7. The number of fused-ring (bicyclic) bond motifs is 1. The lowest BCUT2D eigenvalue weighted by Gasteiger charge is -2.29. The Balaban J connectivity index is 1.58. The Hall–Kier alpha value is -7.39. The second-order valence-electron chi connectivity index (χ2n) is 20.3. The Morgan fingerprint density at radius 2 is 1.35 bits per heavy atom. The number of aromatic hydroxyl groups is 1. The molecule has 0 unspecified atom stereocenters. The number of aliphatic carboxylic acids is 1. The minimum absolute atomic E-state index is 0.0784. The molecule has 0 aliphatic carbocycles. The molecule has 4 aromatic rings. The first-order chi connectivity index (χ1) is 37.9. The van der Waals surface area contributed by atoms with Gasteiger partial charge in [-0.3, -0.25) is 33.6 Å². The van der Waals surface area contributed by atoms with Gasteiger partial charge in [-0.2, -0.15) is 0 Å². The van der Waals surface area contributed by atoms with Gasteiger partial charge in [-0.15, -0.1) is 0 Å². The summed E-state index contributed by atoms with van der Waals surface area (Å²) in [6.07, 6.45) is -2.33. The number of ether oxygens (including phenoxy) is 1. The largest absolute Gasteiger partial charge is 0.508 e. The number of nitrogens with one attached hydrogen (secondary N) is 9. The predicted octanol–water partition coefficient (Wildman–Crippen LogP) is 0.559. The lowest BCUT2D eigenvalue weighted by Crippen LogP contribution is -2.62. The number of hydrogen-bond acceptors (Lipinski definition) is 16. The first-order valence-corrected chi connectivity index (χ1v) is 28.4. The van der Waals surface area contributed by atoms with Crippen molar-refractivity contribution in [3.63, 3.8) is 0 Å². The van der Waals surface area contributed by atoms with Crippen molar-refractivity contribution < 1.29 is 68.3 Å². The average Bonchev–Trinajstić information content (AvgIpc) is 3.82. The molecule has 1 aliphatic rings. The van der Waals surface area contributed by atoms with Gasteiger partial charge >= 0.3 is 12.1 Å². The van der Waals surface area contributed by atoms with Crippen molar-refractivity contribution in [1.29, 1.82) is 0 Å². The summed E-state index contributed by atoms with van der Waals surface area (Å²) < 4.78 is 5.31. The molecule has 0 bridgehead atoms. The lowest BCUT2D eigenvalue weighted by molar-refractivity contribution is -0.145. The van der Waals surface area contributed by atoms with Crippen LogP contribution < -0.4 is 48.3 Å². The number of carbonyl (C=O) groups is 9. The summed E-state index contributed by atoms with van der Waals surface area (Å²) in [5.74, 6) is -8.92. The fourth-order valence-electron chi connectivity index (χ4n) is 8.27. The van der Waals surface area contributed by atoms with E-state index in [1.54, 1.807) is 81.6 Å². The monoisotopic (exact) mass is 1150 g/mol. The normalized spacial score (nSPS) is 21.6. The molecule has 0 radical (unpaired) electrons. The molecule has 1 saturated heterocycles. The number of carboxylic acid groups (broad SMARTS) is 1. The van der Waals surface area contributed by atoms with Crippen LogP contribution in [0.4, 0.5) is 4.79 Å². The van der Waals surface area contributed by atoms with E-state index in [0.29, 0.717) is 22.0 Å². The van der Waals surface area contributed by atoms with Crippen LogP contribution in [0.5, 0.6) is 5.75 Å². The first-order valence-electron chi connectivity index (χ1n) is 25.9. The Bertz CT molecular complexity index is 2780. The van der Waals surface area contributed by atoms with E-state index in [1.165, 1.54) is 31.2 Å². The molecular formula is C54H72N10O14S2. The van der Waals surface area contributed by atoms with E-state index in [2.05, 4.69) is 47.5 Å². The third-order valence-electron chi connectivity index (χ3n) is 12.5. The summed E-state index contributed by atoms with van der Waals surface area (Å²) in [5, 5.41) is 62.5. The van der Waals surface area contributed by atoms with Gasteiger partial charge in [0.05, 0.1) is 18.2 Å². The van der Waals surface area contributed by atoms with Gasteiger partial charge < -0.3 is 78.4 Å². The number of nitrogens with two attached hydrogens (primary N) is 1. The molecule has 80 heavy (non-hydrogen) atoms. The molecule has 1 aromatic heterocycles. The van der Waals surface area contributed by atoms with Crippen LogP contribution in [0.25, 0.3) is 10.9 Å². The second kappa shape index (κ2) is 30.3. The van der Waals surface area contributed by atoms with Crippen LogP contribution >= 0.6 is 21.6 Å². The highest BCUT2D eigenvalue weighted by molar-refractivity contribution is 8.76. The quantitative estimate of drug-likeness (QED) is 0.0478. The van der Waals surface area contributed by atoms with E-state index in [4.69, 9.17) is 10.5 Å². The SMILES string of the molecule is C[C@@H](O)[C@H](NC(=O)[C@@H]1CSSC[C@H](NC(=O)[C@H](N)Cc2ccccc2)C(=O)N[C@@H](Cc2ccc(O)cc2)C(=O)N[C@H](Cc2c[nH]c3ccccc23)C(=O)N[C@@H](CCCCNC(=O)OC(C)(C)C)C(=O)N[C@@H]([C@@H](C)O)C(=O)N1)C(=O)O. The number of hydrogen-bond donors (Lipinski definition) is 14. The number of para-hydroxylation sites is 1. The smallest absolute Gasteiger partial charge is 0.407 e. The van der Waals surface area contributed by atoms with Crippen molar-refractivity contribution in [2.24, 2.45) is 5.73 Å². The van der Waals surface area contributed by atoms with Crippen LogP contribution in [-0.4, -0.2) is 163 Å². The lowest BCUT2D eigenvalue weighted by atomic mass is 10.0. The molecule has 0 saturated carbocycles. The molecule has 15 N–H and O–H groups in total. The summed E-state index contributed by atoms with van der Waals surface area (Å²) >= 11 is 0. The average molecular weight is 1150 g/mol. The zero-order valence-corrected chi connectivity index (χ0v) is 46.6. The van der Waals surface area contributed by atoms with E-state index in [9.17, 15) is 63.6 Å². The van der Waals surface area contributed by atoms with E-state index in [1.807, 2.05) is 0 Å². The third-order valence-corrected chi connectivity index (χ3v) is 14.9.